The van der Waals surface area contributed by atoms with Crippen LogP contribution in [0.15, 0.2) is 28.7 Å². The van der Waals surface area contributed by atoms with Gasteiger partial charge < -0.3 is 14.4 Å². The number of fused-ring (bicyclic) bond motifs is 1. The molecule has 0 radical (unpaired) electrons. The minimum Gasteiger partial charge on any atom is -0.451 e. The van der Waals surface area contributed by atoms with Gasteiger partial charge in [0.15, 0.2) is 5.76 Å². The molecule has 1 N–H and O–H groups in total. The van der Waals surface area contributed by atoms with Gasteiger partial charge in [-0.15, -0.1) is 0 Å². The second-order valence-electron chi connectivity index (χ2n) is 5.03. The van der Waals surface area contributed by atoms with Crippen LogP contribution in [0.5, 0.6) is 0 Å². The summed E-state index contributed by atoms with van der Waals surface area (Å²) >= 11 is 0. The number of amides is 1. The molecule has 100 valence electrons. The molecule has 1 saturated heterocycles. The normalized spacial score (nSPS) is 19.3. The van der Waals surface area contributed by atoms with Crippen LogP contribution in [0.4, 0.5) is 0 Å². The highest BCUT2D eigenvalue weighted by atomic mass is 16.3. The molecule has 2 aromatic rings. The van der Waals surface area contributed by atoms with Gasteiger partial charge in [-0.1, -0.05) is 18.2 Å². The van der Waals surface area contributed by atoms with E-state index in [0.29, 0.717) is 12.3 Å². The number of rotatable bonds is 2. The van der Waals surface area contributed by atoms with Gasteiger partial charge in [-0.2, -0.15) is 0 Å². The van der Waals surface area contributed by atoms with E-state index in [4.69, 9.17) is 4.42 Å². The molecule has 2 heterocycles. The predicted octanol–water partition coefficient (Wildman–Crippen LogP) is 2.34. The number of para-hydroxylation sites is 1. The van der Waals surface area contributed by atoms with Gasteiger partial charge in [-0.25, -0.2) is 0 Å². The summed E-state index contributed by atoms with van der Waals surface area (Å²) < 4.78 is 5.69. The van der Waals surface area contributed by atoms with Crippen LogP contribution in [0.25, 0.3) is 11.0 Å². The summed E-state index contributed by atoms with van der Waals surface area (Å²) in [7, 11) is 0. The number of benzene rings is 1. The molecule has 1 aromatic carbocycles. The average Bonchev–Trinajstić information content (AvgIpc) is 3.03. The van der Waals surface area contributed by atoms with E-state index in [0.717, 1.165) is 29.4 Å². The van der Waals surface area contributed by atoms with Gasteiger partial charge in [0.2, 0.25) is 0 Å². The van der Waals surface area contributed by atoms with Crippen LogP contribution in [-0.2, 0) is 0 Å². The molecule has 1 aromatic heterocycles. The topological polar surface area (TPSA) is 53.7 Å². The van der Waals surface area contributed by atoms with Crippen molar-refractivity contribution in [3.8, 4) is 0 Å². The first kappa shape index (κ1) is 12.2. The summed E-state index contributed by atoms with van der Waals surface area (Å²) in [6, 6.07) is 7.59. The number of carbonyl (C=O) groups is 1. The SMILES string of the molecule is Cc1c(C(=O)N2CCC[C@H]2CO)oc2ccccc12. The lowest BCUT2D eigenvalue weighted by Gasteiger charge is -2.22. The maximum absolute atomic E-state index is 12.5. The van der Waals surface area contributed by atoms with Gasteiger partial charge in [0.05, 0.1) is 12.6 Å². The summed E-state index contributed by atoms with van der Waals surface area (Å²) in [5.41, 5.74) is 1.62. The van der Waals surface area contributed by atoms with Crippen molar-refractivity contribution in [3.05, 3.63) is 35.6 Å². The quantitative estimate of drug-likeness (QED) is 0.900. The van der Waals surface area contributed by atoms with Crippen LogP contribution in [0.3, 0.4) is 0 Å². The molecule has 0 spiro atoms. The standard InChI is InChI=1S/C15H17NO3/c1-10-12-6-2-3-7-13(12)19-14(10)15(18)16-8-4-5-11(16)9-17/h2-3,6-7,11,17H,4-5,8-9H2,1H3/t11-/m0/s1. The zero-order chi connectivity index (χ0) is 13.4. The molecule has 1 atom stereocenters. The van der Waals surface area contributed by atoms with Gasteiger partial charge in [-0.3, -0.25) is 4.79 Å². The summed E-state index contributed by atoms with van der Waals surface area (Å²) in [6.45, 7) is 2.62. The lowest BCUT2D eigenvalue weighted by atomic mass is 10.1. The smallest absolute Gasteiger partial charge is 0.290 e. The molecule has 1 aliphatic rings. The summed E-state index contributed by atoms with van der Waals surface area (Å²) in [5, 5.41) is 10.3. The van der Waals surface area contributed by atoms with Crippen molar-refractivity contribution < 1.29 is 14.3 Å². The van der Waals surface area contributed by atoms with Gasteiger partial charge >= 0.3 is 0 Å². The Kier molecular flexibility index (Phi) is 3.03. The Balaban J connectivity index is 2.00. The van der Waals surface area contributed by atoms with E-state index in [1.165, 1.54) is 0 Å². The number of furan rings is 1. The molecule has 1 fully saturated rings. The highest BCUT2D eigenvalue weighted by Crippen LogP contribution is 2.28. The molecule has 3 rings (SSSR count). The molecule has 4 heteroatoms. The van der Waals surface area contributed by atoms with Crippen LogP contribution in [-0.4, -0.2) is 35.1 Å². The lowest BCUT2D eigenvalue weighted by Crippen LogP contribution is -2.37. The molecule has 0 saturated carbocycles. The Morgan fingerprint density at radius 1 is 1.47 bits per heavy atom. The number of nitrogens with zero attached hydrogens (tertiary/aromatic N) is 1. The molecule has 0 bridgehead atoms. The molecule has 1 amide bonds. The van der Waals surface area contributed by atoms with E-state index in [2.05, 4.69) is 0 Å². The maximum Gasteiger partial charge on any atom is 0.290 e. The Morgan fingerprint density at radius 3 is 3.00 bits per heavy atom. The minimum atomic E-state index is -0.106. The Bertz CT molecular complexity index is 617. The predicted molar refractivity (Wildman–Crippen MR) is 72.1 cm³/mol. The van der Waals surface area contributed by atoms with E-state index < -0.39 is 0 Å². The van der Waals surface area contributed by atoms with Crippen molar-refractivity contribution in [2.24, 2.45) is 0 Å². The monoisotopic (exact) mass is 259 g/mol. The van der Waals surface area contributed by atoms with Gasteiger partial charge in [0.1, 0.15) is 5.58 Å². The first-order valence-electron chi connectivity index (χ1n) is 6.62. The van der Waals surface area contributed by atoms with E-state index in [1.807, 2.05) is 31.2 Å². The molecule has 0 aliphatic carbocycles. The second kappa shape index (κ2) is 4.70. The summed E-state index contributed by atoms with van der Waals surface area (Å²) in [6.07, 6.45) is 1.80. The van der Waals surface area contributed by atoms with Crippen molar-refractivity contribution in [2.45, 2.75) is 25.8 Å². The first-order valence-corrected chi connectivity index (χ1v) is 6.62. The molecule has 4 nitrogen and oxygen atoms in total. The minimum absolute atomic E-state index is 0.0189. The van der Waals surface area contributed by atoms with Gasteiger partial charge in [0.25, 0.3) is 5.91 Å². The fraction of sp³-hybridized carbons (Fsp3) is 0.400. The maximum atomic E-state index is 12.5. The Hall–Kier alpha value is -1.81. The van der Waals surface area contributed by atoms with Crippen LogP contribution >= 0.6 is 0 Å². The zero-order valence-electron chi connectivity index (χ0n) is 10.9. The van der Waals surface area contributed by atoms with Crippen molar-refractivity contribution >= 4 is 16.9 Å². The molecule has 19 heavy (non-hydrogen) atoms. The average molecular weight is 259 g/mol. The summed E-state index contributed by atoms with van der Waals surface area (Å²) in [5.74, 6) is 0.298. The van der Waals surface area contributed by atoms with E-state index in [-0.39, 0.29) is 18.6 Å². The number of carbonyl (C=O) groups excluding carboxylic acids is 1. The highest BCUT2D eigenvalue weighted by Gasteiger charge is 2.31. The van der Waals surface area contributed by atoms with E-state index >= 15 is 0 Å². The number of aryl methyl sites for hydroxylation is 1. The van der Waals surface area contributed by atoms with Crippen molar-refractivity contribution in [1.82, 2.24) is 4.90 Å². The first-order chi connectivity index (χ1) is 9.22. The molecular formula is C15H17NO3. The third kappa shape index (κ3) is 1.92. The van der Waals surface area contributed by atoms with Crippen molar-refractivity contribution in [3.63, 3.8) is 0 Å². The highest BCUT2D eigenvalue weighted by molar-refractivity contribution is 5.99. The van der Waals surface area contributed by atoms with Crippen LogP contribution < -0.4 is 0 Å². The number of aliphatic hydroxyl groups is 1. The third-order valence-electron chi connectivity index (χ3n) is 3.89. The third-order valence-corrected chi connectivity index (χ3v) is 3.89. The van der Waals surface area contributed by atoms with Gasteiger partial charge in [-0.05, 0) is 25.8 Å². The van der Waals surface area contributed by atoms with Crippen molar-refractivity contribution in [1.29, 1.82) is 0 Å². The fourth-order valence-electron chi connectivity index (χ4n) is 2.80. The Labute approximate surface area is 111 Å². The molecular weight excluding hydrogens is 242 g/mol. The number of aliphatic hydroxyl groups excluding tert-OH is 1. The number of hydrogen-bond donors (Lipinski definition) is 1. The molecule has 0 unspecified atom stereocenters. The van der Waals surface area contributed by atoms with Gasteiger partial charge in [0, 0.05) is 17.5 Å². The van der Waals surface area contributed by atoms with Crippen LogP contribution in [0, 0.1) is 6.92 Å². The molecule has 1 aliphatic heterocycles. The lowest BCUT2D eigenvalue weighted by molar-refractivity contribution is 0.0647. The second-order valence-corrected chi connectivity index (χ2v) is 5.03. The Morgan fingerprint density at radius 2 is 2.26 bits per heavy atom. The summed E-state index contributed by atoms with van der Waals surface area (Å²) in [4.78, 5) is 14.3. The largest absolute Gasteiger partial charge is 0.451 e. The number of hydrogen-bond acceptors (Lipinski definition) is 3. The van der Waals surface area contributed by atoms with Crippen LogP contribution in [0.2, 0.25) is 0 Å². The zero-order valence-corrected chi connectivity index (χ0v) is 10.9. The number of likely N-dealkylation sites (tertiary alicyclic amines) is 1. The van der Waals surface area contributed by atoms with E-state index in [1.54, 1.807) is 4.90 Å². The van der Waals surface area contributed by atoms with Crippen LogP contribution in [0.1, 0.15) is 29.0 Å². The van der Waals surface area contributed by atoms with Crippen molar-refractivity contribution in [2.75, 3.05) is 13.2 Å². The fourth-order valence-corrected chi connectivity index (χ4v) is 2.80. The van der Waals surface area contributed by atoms with E-state index in [9.17, 15) is 9.90 Å².